The minimum atomic E-state index is -0.450. The Morgan fingerprint density at radius 1 is 1.07 bits per heavy atom. The second-order valence-corrected chi connectivity index (χ2v) is 7.18. The lowest BCUT2D eigenvalue weighted by Gasteiger charge is -2.24. The summed E-state index contributed by atoms with van der Waals surface area (Å²) in [5.74, 6) is -0.384. The number of benzene rings is 2. The second kappa shape index (κ2) is 6.34. The standard InChI is InChI=1S/C22H19N3O3/c1-25-16-10-6-5-9-14(16)17-15(11-12-23-20(26)19(17)25)18-22(27)28-21(24-18)13-7-3-2-4-8-13/h2-10,17,19H,11-12H2,1H3,(H,23,26)/b18-15-. The average molecular weight is 373 g/mol. The molecule has 1 fully saturated rings. The summed E-state index contributed by atoms with van der Waals surface area (Å²) in [4.78, 5) is 32.0. The van der Waals surface area contributed by atoms with Gasteiger partial charge in [0, 0.05) is 30.8 Å². The van der Waals surface area contributed by atoms with Crippen LogP contribution in [0, 0.1) is 0 Å². The summed E-state index contributed by atoms with van der Waals surface area (Å²) >= 11 is 0. The molecule has 5 rings (SSSR count). The van der Waals surface area contributed by atoms with Crippen molar-refractivity contribution in [1.82, 2.24) is 5.32 Å². The zero-order chi connectivity index (χ0) is 19.3. The summed E-state index contributed by atoms with van der Waals surface area (Å²) in [6.45, 7) is 0.476. The fourth-order valence-electron chi connectivity index (χ4n) is 4.38. The van der Waals surface area contributed by atoms with E-state index in [1.54, 1.807) is 0 Å². The van der Waals surface area contributed by atoms with E-state index in [0.29, 0.717) is 24.6 Å². The number of carbonyl (C=O) groups is 2. The SMILES string of the molecule is CN1c2ccccc2C2/C(=C3\N=C(c4ccccc4)OC3=O)CCNC(=O)C21. The number of hydrogen-bond donors (Lipinski definition) is 1. The highest BCUT2D eigenvalue weighted by Crippen LogP contribution is 2.47. The van der Waals surface area contributed by atoms with E-state index in [4.69, 9.17) is 4.74 Å². The van der Waals surface area contributed by atoms with Crippen molar-refractivity contribution in [3.8, 4) is 0 Å². The van der Waals surface area contributed by atoms with Crippen molar-refractivity contribution in [2.75, 3.05) is 18.5 Å². The molecule has 0 radical (unpaired) electrons. The summed E-state index contributed by atoms with van der Waals surface area (Å²) in [5, 5.41) is 2.98. The van der Waals surface area contributed by atoms with Gasteiger partial charge in [0.15, 0.2) is 5.70 Å². The number of amides is 1. The molecule has 1 amide bonds. The first-order valence-corrected chi connectivity index (χ1v) is 9.34. The number of fused-ring (bicyclic) bond motifs is 3. The van der Waals surface area contributed by atoms with Crippen LogP contribution in [0.25, 0.3) is 0 Å². The van der Waals surface area contributed by atoms with Gasteiger partial charge in [-0.2, -0.15) is 0 Å². The van der Waals surface area contributed by atoms with Gasteiger partial charge in [0.25, 0.3) is 0 Å². The van der Waals surface area contributed by atoms with Crippen LogP contribution in [0.3, 0.4) is 0 Å². The van der Waals surface area contributed by atoms with Gasteiger partial charge in [0.1, 0.15) is 6.04 Å². The Kier molecular flexibility index (Phi) is 3.79. The van der Waals surface area contributed by atoms with Gasteiger partial charge in [-0.05, 0) is 35.8 Å². The Morgan fingerprint density at radius 2 is 1.82 bits per heavy atom. The highest BCUT2D eigenvalue weighted by molar-refractivity contribution is 6.11. The van der Waals surface area contributed by atoms with E-state index in [1.807, 2.05) is 66.5 Å². The molecule has 3 aliphatic rings. The Morgan fingerprint density at radius 3 is 2.64 bits per heavy atom. The first-order chi connectivity index (χ1) is 13.6. The molecular weight excluding hydrogens is 354 g/mol. The molecule has 3 aliphatic heterocycles. The predicted octanol–water partition coefficient (Wildman–Crippen LogP) is 2.37. The van der Waals surface area contributed by atoms with Crippen LogP contribution in [0.2, 0.25) is 0 Å². The highest BCUT2D eigenvalue weighted by Gasteiger charge is 2.46. The van der Waals surface area contributed by atoms with Crippen LogP contribution in [-0.4, -0.2) is 37.4 Å². The summed E-state index contributed by atoms with van der Waals surface area (Å²) in [6, 6.07) is 16.9. The van der Waals surface area contributed by atoms with Crippen LogP contribution in [-0.2, 0) is 14.3 Å². The first kappa shape index (κ1) is 16.7. The molecule has 6 nitrogen and oxygen atoms in total. The molecule has 0 aromatic heterocycles. The minimum Gasteiger partial charge on any atom is -0.402 e. The molecule has 6 heteroatoms. The number of likely N-dealkylation sites (N-methyl/N-ethyl adjacent to an activating group) is 1. The van der Waals surface area contributed by atoms with Crippen molar-refractivity contribution >= 4 is 23.5 Å². The fraction of sp³-hybridized carbons (Fsp3) is 0.227. The molecule has 0 bridgehead atoms. The van der Waals surface area contributed by atoms with E-state index < -0.39 is 12.0 Å². The Labute approximate surface area is 162 Å². The van der Waals surface area contributed by atoms with Gasteiger partial charge in [-0.25, -0.2) is 9.79 Å². The molecule has 28 heavy (non-hydrogen) atoms. The van der Waals surface area contributed by atoms with Crippen LogP contribution >= 0.6 is 0 Å². The summed E-state index contributed by atoms with van der Waals surface area (Å²) in [5.41, 5.74) is 4.00. The van der Waals surface area contributed by atoms with Crippen molar-refractivity contribution in [3.05, 3.63) is 77.0 Å². The maximum absolute atomic E-state index is 12.8. The van der Waals surface area contributed by atoms with Crippen LogP contribution in [0.1, 0.15) is 23.5 Å². The van der Waals surface area contributed by atoms with Crippen LogP contribution < -0.4 is 10.2 Å². The van der Waals surface area contributed by atoms with Gasteiger partial charge < -0.3 is 15.0 Å². The van der Waals surface area contributed by atoms with E-state index in [9.17, 15) is 9.59 Å². The summed E-state index contributed by atoms with van der Waals surface area (Å²) in [6.07, 6.45) is 0.561. The monoisotopic (exact) mass is 373 g/mol. The molecule has 0 spiro atoms. The molecule has 140 valence electrons. The predicted molar refractivity (Wildman–Crippen MR) is 105 cm³/mol. The molecule has 2 atom stereocenters. The van der Waals surface area contributed by atoms with Crippen molar-refractivity contribution in [1.29, 1.82) is 0 Å². The van der Waals surface area contributed by atoms with E-state index in [2.05, 4.69) is 10.3 Å². The number of carbonyl (C=O) groups excluding carboxylic acids is 2. The zero-order valence-corrected chi connectivity index (χ0v) is 15.4. The number of aliphatic imine (C=N–C) groups is 1. The number of para-hydroxylation sites is 1. The lowest BCUT2D eigenvalue weighted by molar-refractivity contribution is -0.130. The quantitative estimate of drug-likeness (QED) is 0.615. The van der Waals surface area contributed by atoms with Gasteiger partial charge in [-0.15, -0.1) is 0 Å². The number of anilines is 1. The lowest BCUT2D eigenvalue weighted by atomic mass is 9.85. The van der Waals surface area contributed by atoms with Crippen LogP contribution in [0.15, 0.2) is 70.9 Å². The average Bonchev–Trinajstić information content (AvgIpc) is 3.18. The van der Waals surface area contributed by atoms with Crippen molar-refractivity contribution in [2.24, 2.45) is 4.99 Å². The Balaban J connectivity index is 1.67. The lowest BCUT2D eigenvalue weighted by Crippen LogP contribution is -2.43. The molecule has 2 aromatic carbocycles. The molecular formula is C22H19N3O3. The van der Waals surface area contributed by atoms with Gasteiger partial charge >= 0.3 is 5.97 Å². The third-order valence-corrected chi connectivity index (χ3v) is 5.64. The van der Waals surface area contributed by atoms with E-state index in [0.717, 1.165) is 22.4 Å². The number of hydrogen-bond acceptors (Lipinski definition) is 5. The number of rotatable bonds is 1. The number of ether oxygens (including phenoxy) is 1. The molecule has 0 aliphatic carbocycles. The maximum Gasteiger partial charge on any atom is 0.363 e. The number of nitrogens with zero attached hydrogens (tertiary/aromatic N) is 2. The third kappa shape index (κ3) is 2.45. The maximum atomic E-state index is 12.8. The number of nitrogens with one attached hydrogen (secondary N) is 1. The fourth-order valence-corrected chi connectivity index (χ4v) is 4.38. The van der Waals surface area contributed by atoms with Crippen molar-refractivity contribution < 1.29 is 14.3 Å². The van der Waals surface area contributed by atoms with Crippen molar-refractivity contribution in [3.63, 3.8) is 0 Å². The number of esters is 1. The van der Waals surface area contributed by atoms with Gasteiger partial charge in [0.2, 0.25) is 11.8 Å². The van der Waals surface area contributed by atoms with E-state index >= 15 is 0 Å². The second-order valence-electron chi connectivity index (χ2n) is 7.18. The highest BCUT2D eigenvalue weighted by atomic mass is 16.6. The largest absolute Gasteiger partial charge is 0.402 e. The minimum absolute atomic E-state index is 0.0297. The topological polar surface area (TPSA) is 71.0 Å². The molecule has 3 heterocycles. The molecule has 1 N–H and O–H groups in total. The van der Waals surface area contributed by atoms with Crippen LogP contribution in [0.5, 0.6) is 0 Å². The van der Waals surface area contributed by atoms with Gasteiger partial charge in [-0.1, -0.05) is 36.4 Å². The Bertz CT molecular complexity index is 1040. The number of cyclic esters (lactones) is 1. The third-order valence-electron chi connectivity index (χ3n) is 5.64. The normalized spacial score (nSPS) is 26.2. The van der Waals surface area contributed by atoms with Crippen LogP contribution in [0.4, 0.5) is 5.69 Å². The smallest absolute Gasteiger partial charge is 0.363 e. The van der Waals surface area contributed by atoms with E-state index in [-0.39, 0.29) is 11.8 Å². The summed E-state index contributed by atoms with van der Waals surface area (Å²) < 4.78 is 5.48. The first-order valence-electron chi connectivity index (χ1n) is 9.34. The summed E-state index contributed by atoms with van der Waals surface area (Å²) in [7, 11) is 1.92. The molecule has 1 saturated heterocycles. The zero-order valence-electron chi connectivity index (χ0n) is 15.4. The Hall–Kier alpha value is -3.41. The molecule has 2 unspecified atom stereocenters. The molecule has 2 aromatic rings. The molecule has 0 saturated carbocycles. The van der Waals surface area contributed by atoms with Crippen molar-refractivity contribution in [2.45, 2.75) is 18.4 Å². The van der Waals surface area contributed by atoms with E-state index in [1.165, 1.54) is 0 Å². The van der Waals surface area contributed by atoms with Gasteiger partial charge in [-0.3, -0.25) is 4.79 Å². The van der Waals surface area contributed by atoms with Gasteiger partial charge in [0.05, 0.1) is 0 Å².